The number of benzene rings is 2. The van der Waals surface area contributed by atoms with Crippen molar-refractivity contribution in [1.82, 2.24) is 0 Å². The maximum Gasteiger partial charge on any atom is 0.243 e. The minimum Gasteiger partial charge on any atom is -0.492 e. The van der Waals surface area contributed by atoms with Gasteiger partial charge in [0.15, 0.2) is 0 Å². The van der Waals surface area contributed by atoms with Crippen LogP contribution in [-0.2, 0) is 4.79 Å². The molecule has 0 spiro atoms. The third-order valence-corrected chi connectivity index (χ3v) is 3.25. The van der Waals surface area contributed by atoms with Gasteiger partial charge in [0.25, 0.3) is 0 Å². The van der Waals surface area contributed by atoms with Crippen LogP contribution in [0.4, 0.5) is 11.4 Å². The predicted octanol–water partition coefficient (Wildman–Crippen LogP) is 4.09. The lowest BCUT2D eigenvalue weighted by molar-refractivity contribution is -0.114. The quantitative estimate of drug-likeness (QED) is 0.675. The van der Waals surface area contributed by atoms with Crippen LogP contribution in [0.3, 0.4) is 0 Å². The molecule has 5 nitrogen and oxygen atoms in total. The molecule has 2 aromatic carbocycles. The first kappa shape index (κ1) is 18.4. The van der Waals surface area contributed by atoms with Crippen molar-refractivity contribution in [2.24, 2.45) is 0 Å². The zero-order valence-electron chi connectivity index (χ0n) is 14.7. The summed E-state index contributed by atoms with van der Waals surface area (Å²) in [5.41, 5.74) is 2.47. The summed E-state index contributed by atoms with van der Waals surface area (Å²) in [5.74, 6) is 1.29. The van der Waals surface area contributed by atoms with Gasteiger partial charge in [0.1, 0.15) is 18.1 Å². The highest BCUT2D eigenvalue weighted by Crippen LogP contribution is 2.23. The van der Waals surface area contributed by atoms with Crippen LogP contribution in [0, 0.1) is 0 Å². The van der Waals surface area contributed by atoms with E-state index in [1.807, 2.05) is 62.4 Å². The number of carbonyl (C=O) groups excluding carboxylic acids is 1. The largest absolute Gasteiger partial charge is 0.492 e. The molecule has 0 radical (unpaired) electrons. The molecule has 0 bridgehead atoms. The molecule has 0 saturated carbocycles. The van der Waals surface area contributed by atoms with Crippen LogP contribution >= 0.6 is 0 Å². The van der Waals surface area contributed by atoms with Gasteiger partial charge in [0, 0.05) is 5.69 Å². The van der Waals surface area contributed by atoms with E-state index in [2.05, 4.69) is 17.2 Å². The highest BCUT2D eigenvalue weighted by Gasteiger charge is 2.07. The average molecular weight is 340 g/mol. The van der Waals surface area contributed by atoms with E-state index in [0.717, 1.165) is 17.0 Å². The van der Waals surface area contributed by atoms with Gasteiger partial charge < -0.3 is 20.1 Å². The van der Waals surface area contributed by atoms with E-state index in [-0.39, 0.29) is 12.5 Å². The monoisotopic (exact) mass is 340 g/mol. The van der Waals surface area contributed by atoms with Gasteiger partial charge in [0.2, 0.25) is 5.91 Å². The highest BCUT2D eigenvalue weighted by atomic mass is 16.5. The zero-order chi connectivity index (χ0) is 18.1. The van der Waals surface area contributed by atoms with Crippen LogP contribution in [0.5, 0.6) is 11.5 Å². The number of anilines is 2. The van der Waals surface area contributed by atoms with Crippen LogP contribution in [0.2, 0.25) is 0 Å². The molecule has 2 rings (SSSR count). The van der Waals surface area contributed by atoms with E-state index in [1.165, 1.54) is 0 Å². The molecule has 0 heterocycles. The second kappa shape index (κ2) is 9.37. The normalized spacial score (nSPS) is 10.0. The molecular weight excluding hydrogens is 316 g/mol. The second-order valence-corrected chi connectivity index (χ2v) is 5.60. The van der Waals surface area contributed by atoms with Crippen molar-refractivity contribution in [3.8, 4) is 11.5 Å². The van der Waals surface area contributed by atoms with E-state index in [4.69, 9.17) is 9.47 Å². The Labute approximate surface area is 148 Å². The van der Waals surface area contributed by atoms with Crippen molar-refractivity contribution in [3.63, 3.8) is 0 Å². The molecule has 0 atom stereocenters. The first-order valence-corrected chi connectivity index (χ1v) is 8.21. The summed E-state index contributed by atoms with van der Waals surface area (Å²) < 4.78 is 11.0. The number of hydrogen-bond acceptors (Lipinski definition) is 4. The van der Waals surface area contributed by atoms with Gasteiger partial charge in [-0.25, -0.2) is 0 Å². The van der Waals surface area contributed by atoms with E-state index in [1.54, 1.807) is 0 Å². The number of carbonyl (C=O) groups is 1. The number of hydrogen-bond donors (Lipinski definition) is 2. The summed E-state index contributed by atoms with van der Waals surface area (Å²) in [7, 11) is 0. The fourth-order valence-corrected chi connectivity index (χ4v) is 2.10. The number of nitrogens with one attached hydrogen (secondary N) is 2. The summed E-state index contributed by atoms with van der Waals surface area (Å²) >= 11 is 0. The first-order valence-electron chi connectivity index (χ1n) is 8.21. The Kier molecular flexibility index (Phi) is 6.89. The van der Waals surface area contributed by atoms with Crippen molar-refractivity contribution in [2.75, 3.05) is 30.4 Å². The van der Waals surface area contributed by atoms with Crippen molar-refractivity contribution in [3.05, 3.63) is 60.7 Å². The van der Waals surface area contributed by atoms with E-state index in [9.17, 15) is 4.79 Å². The molecule has 0 aromatic heterocycles. The van der Waals surface area contributed by atoms with Gasteiger partial charge in [-0.2, -0.15) is 0 Å². The van der Waals surface area contributed by atoms with Crippen LogP contribution in [0.1, 0.15) is 13.8 Å². The number of para-hydroxylation sites is 2. The molecule has 0 aliphatic rings. The number of rotatable bonds is 9. The maximum atomic E-state index is 12.1. The topological polar surface area (TPSA) is 59.6 Å². The Bertz CT molecular complexity index is 711. The van der Waals surface area contributed by atoms with Crippen molar-refractivity contribution < 1.29 is 14.3 Å². The summed E-state index contributed by atoms with van der Waals surface area (Å²) in [6.07, 6.45) is 0. The predicted molar refractivity (Wildman–Crippen MR) is 101 cm³/mol. The highest BCUT2D eigenvalue weighted by molar-refractivity contribution is 5.95. The van der Waals surface area contributed by atoms with E-state index in [0.29, 0.717) is 24.7 Å². The fourth-order valence-electron chi connectivity index (χ4n) is 2.10. The molecule has 0 saturated heterocycles. The van der Waals surface area contributed by atoms with Crippen molar-refractivity contribution in [1.29, 1.82) is 0 Å². The van der Waals surface area contributed by atoms with Gasteiger partial charge in [-0.3, -0.25) is 4.79 Å². The number of amides is 1. The zero-order valence-corrected chi connectivity index (χ0v) is 14.7. The minimum atomic E-state index is -0.144. The van der Waals surface area contributed by atoms with Crippen molar-refractivity contribution in [2.45, 2.75) is 13.8 Å². The lowest BCUT2D eigenvalue weighted by Gasteiger charge is -2.12. The SMILES string of the molecule is C=C(C)COc1ccc(NCC(=O)Nc2ccccc2OCC)cc1. The summed E-state index contributed by atoms with van der Waals surface area (Å²) in [5, 5.41) is 5.93. The molecule has 0 fully saturated rings. The average Bonchev–Trinajstić information content (AvgIpc) is 2.61. The minimum absolute atomic E-state index is 0.144. The standard InChI is InChI=1S/C20H24N2O3/c1-4-24-19-8-6-5-7-18(19)22-20(23)13-21-16-9-11-17(12-10-16)25-14-15(2)3/h5-12,21H,2,4,13-14H2,1,3H3,(H,22,23). The molecule has 25 heavy (non-hydrogen) atoms. The molecule has 2 N–H and O–H groups in total. The van der Waals surface area contributed by atoms with Gasteiger partial charge in [-0.15, -0.1) is 0 Å². The summed E-state index contributed by atoms with van der Waals surface area (Å²) in [4.78, 5) is 12.1. The Morgan fingerprint density at radius 1 is 1.08 bits per heavy atom. The van der Waals surface area contributed by atoms with Gasteiger partial charge >= 0.3 is 0 Å². The molecule has 5 heteroatoms. The number of ether oxygens (including phenoxy) is 2. The summed E-state index contributed by atoms with van der Waals surface area (Å²) in [6.45, 7) is 8.82. The lowest BCUT2D eigenvalue weighted by atomic mass is 10.3. The molecule has 1 amide bonds. The molecule has 2 aromatic rings. The van der Waals surface area contributed by atoms with Crippen LogP contribution in [0.25, 0.3) is 0 Å². The Balaban J connectivity index is 1.84. The second-order valence-electron chi connectivity index (χ2n) is 5.60. The van der Waals surface area contributed by atoms with Gasteiger partial charge in [0.05, 0.1) is 18.8 Å². The van der Waals surface area contributed by atoms with E-state index >= 15 is 0 Å². The Morgan fingerprint density at radius 3 is 2.48 bits per heavy atom. The molecule has 132 valence electrons. The summed E-state index contributed by atoms with van der Waals surface area (Å²) in [6, 6.07) is 14.8. The van der Waals surface area contributed by atoms with E-state index < -0.39 is 0 Å². The van der Waals surface area contributed by atoms with Crippen LogP contribution in [-0.4, -0.2) is 25.7 Å². The first-order chi connectivity index (χ1) is 12.1. The smallest absolute Gasteiger partial charge is 0.243 e. The van der Waals surface area contributed by atoms with Crippen LogP contribution in [0.15, 0.2) is 60.7 Å². The third kappa shape index (κ3) is 6.22. The lowest BCUT2D eigenvalue weighted by Crippen LogP contribution is -2.22. The molecule has 0 aliphatic carbocycles. The van der Waals surface area contributed by atoms with Crippen LogP contribution < -0.4 is 20.1 Å². The van der Waals surface area contributed by atoms with Crippen molar-refractivity contribution >= 4 is 17.3 Å². The third-order valence-electron chi connectivity index (χ3n) is 3.25. The van der Waals surface area contributed by atoms with Gasteiger partial charge in [-0.1, -0.05) is 18.7 Å². The molecule has 0 aliphatic heterocycles. The fraction of sp³-hybridized carbons (Fsp3) is 0.250. The Morgan fingerprint density at radius 2 is 1.80 bits per heavy atom. The molecular formula is C20H24N2O3. The van der Waals surface area contributed by atoms with Gasteiger partial charge in [-0.05, 0) is 55.8 Å². The maximum absolute atomic E-state index is 12.1. The Hall–Kier alpha value is -2.95. The molecule has 0 unspecified atom stereocenters.